The molecule has 0 bridgehead atoms. The Hall–Kier alpha value is -2.63. The molecule has 1 heterocycles. The lowest BCUT2D eigenvalue weighted by atomic mass is 10.1. The van der Waals surface area contributed by atoms with Crippen molar-refractivity contribution >= 4 is 29.1 Å². The second-order valence-electron chi connectivity index (χ2n) is 5.71. The highest BCUT2D eigenvalue weighted by molar-refractivity contribution is 6.30. The van der Waals surface area contributed by atoms with E-state index in [2.05, 4.69) is 20.6 Å². The summed E-state index contributed by atoms with van der Waals surface area (Å²) in [4.78, 5) is 8.58. The van der Waals surface area contributed by atoms with E-state index in [1.807, 2.05) is 43.3 Å². The number of rotatable bonds is 6. The van der Waals surface area contributed by atoms with Crippen molar-refractivity contribution in [3.8, 4) is 0 Å². The number of aromatic nitrogens is 2. The largest absolute Gasteiger partial charge is 0.387 e. The minimum atomic E-state index is -0.611. The number of hydrogen-bond donors (Lipinski definition) is 3. The lowest BCUT2D eigenvalue weighted by Gasteiger charge is -2.13. The van der Waals surface area contributed by atoms with Crippen LogP contribution in [0.2, 0.25) is 5.02 Å². The number of halogens is 1. The van der Waals surface area contributed by atoms with E-state index in [1.165, 1.54) is 0 Å². The van der Waals surface area contributed by atoms with Crippen molar-refractivity contribution < 1.29 is 5.11 Å². The Morgan fingerprint density at radius 1 is 1.12 bits per heavy atom. The maximum atomic E-state index is 10.3. The maximum Gasteiger partial charge on any atom is 0.229 e. The number of nitrogens with one attached hydrogen (secondary N) is 2. The Labute approximate surface area is 151 Å². The number of aliphatic hydroxyl groups excluding tert-OH is 1. The zero-order chi connectivity index (χ0) is 17.6. The first kappa shape index (κ1) is 17.2. The highest BCUT2D eigenvalue weighted by atomic mass is 35.5. The first-order valence-electron chi connectivity index (χ1n) is 7.94. The Morgan fingerprint density at radius 3 is 2.68 bits per heavy atom. The molecule has 3 N–H and O–H groups in total. The second kappa shape index (κ2) is 7.96. The van der Waals surface area contributed by atoms with Gasteiger partial charge in [0.1, 0.15) is 5.82 Å². The first-order valence-corrected chi connectivity index (χ1v) is 8.32. The molecule has 3 rings (SSSR count). The molecule has 6 heteroatoms. The van der Waals surface area contributed by atoms with E-state index in [0.717, 1.165) is 16.8 Å². The van der Waals surface area contributed by atoms with Crippen LogP contribution in [-0.2, 0) is 0 Å². The van der Waals surface area contributed by atoms with Crippen LogP contribution in [0.4, 0.5) is 17.5 Å². The van der Waals surface area contributed by atoms with Crippen LogP contribution in [0.3, 0.4) is 0 Å². The molecule has 0 aliphatic heterocycles. The standard InChI is InChI=1S/C19H19ClN4O/c1-13-5-7-14(8-6-13)17(25)12-22-18-9-10-21-19(24-18)23-16-4-2-3-15(20)11-16/h2-11,17,25H,12H2,1H3,(H2,21,22,23,24). The molecule has 0 radical (unpaired) electrons. The zero-order valence-electron chi connectivity index (χ0n) is 13.8. The number of benzene rings is 2. The van der Waals surface area contributed by atoms with Gasteiger partial charge in [0.15, 0.2) is 0 Å². The van der Waals surface area contributed by atoms with Crippen molar-refractivity contribution in [2.24, 2.45) is 0 Å². The molecule has 1 atom stereocenters. The molecular weight excluding hydrogens is 336 g/mol. The third-order valence-corrected chi connectivity index (χ3v) is 3.91. The molecule has 0 saturated heterocycles. The van der Waals surface area contributed by atoms with Gasteiger partial charge in [0.05, 0.1) is 6.10 Å². The van der Waals surface area contributed by atoms with Crippen LogP contribution in [0.5, 0.6) is 0 Å². The van der Waals surface area contributed by atoms with Crippen LogP contribution >= 0.6 is 11.6 Å². The zero-order valence-corrected chi connectivity index (χ0v) is 14.5. The summed E-state index contributed by atoms with van der Waals surface area (Å²) in [6.07, 6.45) is 1.04. The quantitative estimate of drug-likeness (QED) is 0.614. The second-order valence-corrected chi connectivity index (χ2v) is 6.14. The van der Waals surface area contributed by atoms with Gasteiger partial charge < -0.3 is 15.7 Å². The highest BCUT2D eigenvalue weighted by Gasteiger charge is 2.08. The molecule has 0 amide bonds. The topological polar surface area (TPSA) is 70.1 Å². The summed E-state index contributed by atoms with van der Waals surface area (Å²) in [7, 11) is 0. The van der Waals surface area contributed by atoms with E-state index < -0.39 is 6.10 Å². The van der Waals surface area contributed by atoms with E-state index in [-0.39, 0.29) is 0 Å². The summed E-state index contributed by atoms with van der Waals surface area (Å²) >= 11 is 5.97. The molecule has 5 nitrogen and oxygen atoms in total. The highest BCUT2D eigenvalue weighted by Crippen LogP contribution is 2.19. The summed E-state index contributed by atoms with van der Waals surface area (Å²) < 4.78 is 0. The normalized spacial score (nSPS) is 11.8. The molecule has 25 heavy (non-hydrogen) atoms. The lowest BCUT2D eigenvalue weighted by Crippen LogP contribution is -2.13. The summed E-state index contributed by atoms with van der Waals surface area (Å²) in [6.45, 7) is 2.38. The molecule has 0 saturated carbocycles. The predicted octanol–water partition coefficient (Wildman–Crippen LogP) is 4.33. The molecule has 128 valence electrons. The fraction of sp³-hybridized carbons (Fsp3) is 0.158. The van der Waals surface area contributed by atoms with Crippen molar-refractivity contribution in [3.05, 3.63) is 76.9 Å². The van der Waals surface area contributed by atoms with Crippen molar-refractivity contribution in [2.45, 2.75) is 13.0 Å². The fourth-order valence-electron chi connectivity index (χ4n) is 2.32. The van der Waals surface area contributed by atoms with Gasteiger partial charge in [0.2, 0.25) is 5.95 Å². The predicted molar refractivity (Wildman–Crippen MR) is 101 cm³/mol. The van der Waals surface area contributed by atoms with E-state index in [9.17, 15) is 5.11 Å². The lowest BCUT2D eigenvalue weighted by molar-refractivity contribution is 0.191. The molecule has 0 spiro atoms. The van der Waals surface area contributed by atoms with Crippen LogP contribution in [-0.4, -0.2) is 21.6 Å². The Bertz CT molecular complexity index is 839. The molecule has 1 unspecified atom stereocenters. The number of aliphatic hydroxyl groups is 1. The van der Waals surface area contributed by atoms with Gasteiger partial charge in [0, 0.05) is 23.5 Å². The fourth-order valence-corrected chi connectivity index (χ4v) is 2.51. The summed E-state index contributed by atoms with van der Waals surface area (Å²) in [5.74, 6) is 1.09. The minimum Gasteiger partial charge on any atom is -0.387 e. The molecular formula is C19H19ClN4O. The van der Waals surface area contributed by atoms with Crippen LogP contribution in [0.25, 0.3) is 0 Å². The molecule has 0 aliphatic carbocycles. The molecule has 0 aliphatic rings. The van der Waals surface area contributed by atoms with Crippen molar-refractivity contribution in [2.75, 3.05) is 17.2 Å². The van der Waals surface area contributed by atoms with Crippen molar-refractivity contribution in [1.29, 1.82) is 0 Å². The number of nitrogens with zero attached hydrogens (tertiary/aromatic N) is 2. The van der Waals surface area contributed by atoms with Crippen LogP contribution in [0.15, 0.2) is 60.8 Å². The molecule has 1 aromatic heterocycles. The van der Waals surface area contributed by atoms with E-state index in [4.69, 9.17) is 11.6 Å². The minimum absolute atomic E-state index is 0.358. The summed E-state index contributed by atoms with van der Waals surface area (Å²) in [6, 6.07) is 16.9. The van der Waals surface area contributed by atoms with Crippen molar-refractivity contribution in [3.63, 3.8) is 0 Å². The van der Waals surface area contributed by atoms with Gasteiger partial charge in [-0.1, -0.05) is 47.5 Å². The summed E-state index contributed by atoms with van der Waals surface area (Å²) in [5, 5.41) is 17.1. The van der Waals surface area contributed by atoms with Crippen LogP contribution < -0.4 is 10.6 Å². The molecule has 0 fully saturated rings. The smallest absolute Gasteiger partial charge is 0.229 e. The van der Waals surface area contributed by atoms with Gasteiger partial charge in [-0.2, -0.15) is 4.98 Å². The van der Waals surface area contributed by atoms with Crippen molar-refractivity contribution in [1.82, 2.24) is 9.97 Å². The number of aryl methyl sites for hydroxylation is 1. The van der Waals surface area contributed by atoms with Gasteiger partial charge in [0.25, 0.3) is 0 Å². The number of anilines is 3. The van der Waals surface area contributed by atoms with Gasteiger partial charge in [-0.3, -0.25) is 0 Å². The average Bonchev–Trinajstić information content (AvgIpc) is 2.61. The van der Waals surface area contributed by atoms with E-state index >= 15 is 0 Å². The Morgan fingerprint density at radius 2 is 1.92 bits per heavy atom. The summed E-state index contributed by atoms with van der Waals surface area (Å²) in [5.41, 5.74) is 2.84. The average molecular weight is 355 g/mol. The number of hydrogen-bond acceptors (Lipinski definition) is 5. The maximum absolute atomic E-state index is 10.3. The monoisotopic (exact) mass is 354 g/mol. The SMILES string of the molecule is Cc1ccc(C(O)CNc2ccnc(Nc3cccc(Cl)c3)n2)cc1. The van der Waals surface area contributed by atoms with Crippen LogP contribution in [0.1, 0.15) is 17.2 Å². The van der Waals surface area contributed by atoms with Gasteiger partial charge >= 0.3 is 0 Å². The Kier molecular flexibility index (Phi) is 5.48. The Balaban J connectivity index is 1.62. The van der Waals surface area contributed by atoms with E-state index in [1.54, 1.807) is 24.4 Å². The molecule has 2 aromatic carbocycles. The van der Waals surface area contributed by atoms with Gasteiger partial charge in [-0.05, 0) is 36.8 Å². The third kappa shape index (κ3) is 4.92. The van der Waals surface area contributed by atoms with Gasteiger partial charge in [-0.25, -0.2) is 4.98 Å². The third-order valence-electron chi connectivity index (χ3n) is 3.67. The van der Waals surface area contributed by atoms with Gasteiger partial charge in [-0.15, -0.1) is 0 Å². The first-order chi connectivity index (χ1) is 12.1. The van der Waals surface area contributed by atoms with Crippen LogP contribution in [0, 0.1) is 6.92 Å². The molecule has 3 aromatic rings. The van der Waals surface area contributed by atoms with E-state index in [0.29, 0.717) is 23.3 Å².